The monoisotopic (exact) mass is 440 g/mol. The quantitative estimate of drug-likeness (QED) is 0.707. The number of hydrogen-bond donors (Lipinski definition) is 1. The van der Waals surface area contributed by atoms with Gasteiger partial charge in [0.15, 0.2) is 17.8 Å². The van der Waals surface area contributed by atoms with Gasteiger partial charge in [0.2, 0.25) is 15.9 Å². The van der Waals surface area contributed by atoms with Crippen molar-refractivity contribution in [1.29, 1.82) is 0 Å². The van der Waals surface area contributed by atoms with Crippen LogP contribution in [0.4, 0.5) is 0 Å². The Labute approximate surface area is 176 Å². The average Bonchev–Trinajstić information content (AvgIpc) is 3.19. The molecule has 10 heteroatoms. The maximum Gasteiger partial charge on any atom is 0.240 e. The van der Waals surface area contributed by atoms with Gasteiger partial charge in [0.1, 0.15) is 0 Å². The summed E-state index contributed by atoms with van der Waals surface area (Å²) < 4.78 is 50.0. The third-order valence-corrected chi connectivity index (χ3v) is 6.96. The van der Waals surface area contributed by atoms with Crippen molar-refractivity contribution in [3.63, 3.8) is 0 Å². The number of piperidine rings is 1. The lowest BCUT2D eigenvalue weighted by Gasteiger charge is -2.34. The van der Waals surface area contributed by atoms with Gasteiger partial charge in [0.05, 0.1) is 31.3 Å². The van der Waals surface area contributed by atoms with E-state index in [1.807, 2.05) is 0 Å². The number of sulfonamides is 1. The molecule has 2 saturated heterocycles. The van der Waals surface area contributed by atoms with E-state index in [2.05, 4.69) is 4.72 Å². The Morgan fingerprint density at radius 2 is 1.83 bits per heavy atom. The summed E-state index contributed by atoms with van der Waals surface area (Å²) in [5.74, 6) is 1.06. The number of nitrogens with zero attached hydrogens (tertiary/aromatic N) is 1. The first-order valence-electron chi connectivity index (χ1n) is 10.4. The summed E-state index contributed by atoms with van der Waals surface area (Å²) in [6.45, 7) is 3.50. The Kier molecular flexibility index (Phi) is 6.77. The minimum Gasteiger partial charge on any atom is -0.490 e. The van der Waals surface area contributed by atoms with Crippen LogP contribution in [-0.4, -0.2) is 71.6 Å². The van der Waals surface area contributed by atoms with Gasteiger partial charge >= 0.3 is 0 Å². The van der Waals surface area contributed by atoms with Gasteiger partial charge in [-0.2, -0.15) is 0 Å². The lowest BCUT2D eigenvalue weighted by molar-refractivity contribution is -0.139. The molecule has 1 aromatic rings. The van der Waals surface area contributed by atoms with Gasteiger partial charge in [-0.05, 0) is 25.0 Å². The molecule has 0 radical (unpaired) electrons. The van der Waals surface area contributed by atoms with Crippen molar-refractivity contribution in [1.82, 2.24) is 9.62 Å². The van der Waals surface area contributed by atoms with E-state index in [1.54, 1.807) is 11.0 Å². The van der Waals surface area contributed by atoms with Crippen molar-refractivity contribution in [2.45, 2.75) is 36.9 Å². The smallest absolute Gasteiger partial charge is 0.240 e. The number of rotatable bonds is 6. The molecule has 1 atom stereocenters. The van der Waals surface area contributed by atoms with Crippen molar-refractivity contribution in [2.75, 3.05) is 46.1 Å². The molecule has 166 valence electrons. The number of ether oxygens (including phenoxy) is 4. The molecule has 2 fully saturated rings. The molecule has 3 heterocycles. The van der Waals surface area contributed by atoms with Crippen molar-refractivity contribution in [2.24, 2.45) is 5.92 Å². The Morgan fingerprint density at radius 1 is 1.07 bits per heavy atom. The van der Waals surface area contributed by atoms with Gasteiger partial charge in [-0.1, -0.05) is 0 Å². The standard InChI is InChI=1S/C20H28N2O7S/c23-19(22-8-1-3-15(14-22)20-28-11-12-29-20)6-7-21-30(24,25)16-4-5-17-18(13-16)27-10-2-9-26-17/h4-5,13,15,20-21H,1-3,6-12,14H2. The number of carbonyl (C=O) groups is 1. The molecule has 9 nitrogen and oxygen atoms in total. The normalized spacial score (nSPS) is 22.7. The number of likely N-dealkylation sites (tertiary alicyclic amines) is 1. The van der Waals surface area contributed by atoms with E-state index in [4.69, 9.17) is 18.9 Å². The van der Waals surface area contributed by atoms with Crippen LogP contribution >= 0.6 is 0 Å². The largest absolute Gasteiger partial charge is 0.490 e. The molecule has 1 aromatic carbocycles. The van der Waals surface area contributed by atoms with Crippen LogP contribution in [0.25, 0.3) is 0 Å². The van der Waals surface area contributed by atoms with E-state index in [0.717, 1.165) is 19.3 Å². The molecule has 30 heavy (non-hydrogen) atoms. The summed E-state index contributed by atoms with van der Waals surface area (Å²) >= 11 is 0. The summed E-state index contributed by atoms with van der Waals surface area (Å²) in [5, 5.41) is 0. The first kappa shape index (κ1) is 21.4. The molecule has 1 unspecified atom stereocenters. The van der Waals surface area contributed by atoms with Crippen LogP contribution in [0.2, 0.25) is 0 Å². The molecule has 3 aliphatic heterocycles. The molecule has 0 aromatic heterocycles. The van der Waals surface area contributed by atoms with Crippen molar-refractivity contribution in [3.8, 4) is 11.5 Å². The fourth-order valence-corrected chi connectivity index (χ4v) is 5.00. The maximum absolute atomic E-state index is 12.6. The van der Waals surface area contributed by atoms with Crippen LogP contribution in [-0.2, 0) is 24.3 Å². The number of carbonyl (C=O) groups excluding carboxylic acids is 1. The lowest BCUT2D eigenvalue weighted by atomic mass is 9.97. The van der Waals surface area contributed by atoms with E-state index in [1.165, 1.54) is 12.1 Å². The van der Waals surface area contributed by atoms with E-state index in [9.17, 15) is 13.2 Å². The zero-order chi connectivity index (χ0) is 21.0. The van der Waals surface area contributed by atoms with Crippen molar-refractivity contribution in [3.05, 3.63) is 18.2 Å². The zero-order valence-electron chi connectivity index (χ0n) is 16.9. The predicted octanol–water partition coefficient (Wildman–Crippen LogP) is 1.13. The average molecular weight is 441 g/mol. The number of fused-ring (bicyclic) bond motifs is 1. The topological polar surface area (TPSA) is 103 Å². The van der Waals surface area contributed by atoms with Gasteiger partial charge in [0, 0.05) is 44.5 Å². The van der Waals surface area contributed by atoms with Crippen molar-refractivity contribution >= 4 is 15.9 Å². The molecular formula is C20H28N2O7S. The van der Waals surface area contributed by atoms with Gasteiger partial charge in [-0.25, -0.2) is 13.1 Å². The van der Waals surface area contributed by atoms with Crippen LogP contribution in [0, 0.1) is 5.92 Å². The lowest BCUT2D eigenvalue weighted by Crippen LogP contribution is -2.44. The Bertz CT molecular complexity index is 855. The molecule has 0 spiro atoms. The number of nitrogens with one attached hydrogen (secondary N) is 1. The molecule has 1 N–H and O–H groups in total. The number of benzene rings is 1. The van der Waals surface area contributed by atoms with Crippen molar-refractivity contribution < 1.29 is 32.2 Å². The van der Waals surface area contributed by atoms with Gasteiger partial charge in [0.25, 0.3) is 0 Å². The summed E-state index contributed by atoms with van der Waals surface area (Å²) in [5.41, 5.74) is 0. The second-order valence-corrected chi connectivity index (χ2v) is 9.43. The van der Waals surface area contributed by atoms with Gasteiger partial charge in [-0.3, -0.25) is 4.79 Å². The maximum atomic E-state index is 12.6. The molecule has 0 aliphatic carbocycles. The summed E-state index contributed by atoms with van der Waals surface area (Å²) in [4.78, 5) is 14.5. The molecule has 4 rings (SSSR count). The first-order valence-corrected chi connectivity index (χ1v) is 11.9. The minimum atomic E-state index is -3.75. The second kappa shape index (κ2) is 9.51. The number of hydrogen-bond acceptors (Lipinski definition) is 7. The Hall–Kier alpha value is -1.88. The highest BCUT2D eigenvalue weighted by molar-refractivity contribution is 7.89. The van der Waals surface area contributed by atoms with Crippen LogP contribution < -0.4 is 14.2 Å². The highest BCUT2D eigenvalue weighted by Gasteiger charge is 2.32. The van der Waals surface area contributed by atoms with E-state index >= 15 is 0 Å². The Balaban J connectivity index is 1.29. The van der Waals surface area contributed by atoms with E-state index in [-0.39, 0.29) is 36.0 Å². The molecule has 3 aliphatic rings. The fraction of sp³-hybridized carbons (Fsp3) is 0.650. The molecule has 1 amide bonds. The zero-order valence-corrected chi connectivity index (χ0v) is 17.7. The molecule has 0 saturated carbocycles. The third-order valence-electron chi connectivity index (χ3n) is 5.50. The highest BCUT2D eigenvalue weighted by Crippen LogP contribution is 2.32. The summed E-state index contributed by atoms with van der Waals surface area (Å²) in [6, 6.07) is 4.54. The third kappa shape index (κ3) is 5.05. The fourth-order valence-electron chi connectivity index (χ4n) is 3.95. The van der Waals surface area contributed by atoms with Crippen LogP contribution in [0.3, 0.4) is 0 Å². The van der Waals surface area contributed by atoms with Crippen LogP contribution in [0.1, 0.15) is 25.7 Å². The van der Waals surface area contributed by atoms with Gasteiger partial charge in [-0.15, -0.1) is 0 Å². The predicted molar refractivity (Wildman–Crippen MR) is 107 cm³/mol. The van der Waals surface area contributed by atoms with Gasteiger partial charge < -0.3 is 23.8 Å². The highest BCUT2D eigenvalue weighted by atomic mass is 32.2. The Morgan fingerprint density at radius 3 is 2.63 bits per heavy atom. The van der Waals surface area contributed by atoms with E-state index in [0.29, 0.717) is 51.0 Å². The molecular weight excluding hydrogens is 412 g/mol. The molecule has 0 bridgehead atoms. The summed E-state index contributed by atoms with van der Waals surface area (Å²) in [7, 11) is -3.75. The second-order valence-electron chi connectivity index (χ2n) is 7.66. The minimum absolute atomic E-state index is 0.0349. The summed E-state index contributed by atoms with van der Waals surface area (Å²) in [6.07, 6.45) is 2.46. The van der Waals surface area contributed by atoms with Crippen LogP contribution in [0.15, 0.2) is 23.1 Å². The first-order chi connectivity index (χ1) is 14.5. The van der Waals surface area contributed by atoms with E-state index < -0.39 is 10.0 Å². The SMILES string of the molecule is O=C(CCNS(=O)(=O)c1ccc2c(c1)OCCCO2)N1CCCC(C2OCCO2)C1. The number of amides is 1. The van der Waals surface area contributed by atoms with Crippen LogP contribution in [0.5, 0.6) is 11.5 Å².